The minimum Gasteiger partial charge on any atom is -0.466 e. The summed E-state index contributed by atoms with van der Waals surface area (Å²) in [5, 5.41) is 8.33. The summed E-state index contributed by atoms with van der Waals surface area (Å²) in [7, 11) is -0.0600. The van der Waals surface area contributed by atoms with Crippen LogP contribution in [0.4, 0.5) is 0 Å². The minimum absolute atomic E-state index is 0.881. The van der Waals surface area contributed by atoms with Crippen molar-refractivity contribution in [2.75, 3.05) is 0 Å². The van der Waals surface area contributed by atoms with Crippen LogP contribution in [0.1, 0.15) is 5.56 Å². The molecule has 0 amide bonds. The molecule has 1 nitrogen and oxygen atoms in total. The molecule has 0 aliphatic heterocycles. The molecule has 0 bridgehead atoms. The highest BCUT2D eigenvalue weighted by atomic mass is 28.3. The molecule has 0 aromatic heterocycles. The van der Waals surface area contributed by atoms with Gasteiger partial charge in [0.25, 0.3) is 0 Å². The van der Waals surface area contributed by atoms with Crippen LogP contribution in [0, 0.1) is 0 Å². The number of hydrogen-bond acceptors (Lipinski definition) is 1. The average Bonchev–Trinajstić information content (AvgIpc) is 2.58. The molecule has 0 heterocycles. The summed E-state index contributed by atoms with van der Waals surface area (Å²) < 4.78 is 5.67. The molecule has 1 unspecified atom stereocenters. The maximum atomic E-state index is 5.67. The summed E-state index contributed by atoms with van der Waals surface area (Å²) in [6.45, 7) is 2.31. The summed E-state index contributed by atoms with van der Waals surface area (Å²) >= 11 is 0. The van der Waals surface area contributed by atoms with Crippen LogP contribution in [0.2, 0.25) is 12.6 Å². The molecule has 0 aliphatic rings. The van der Waals surface area contributed by atoms with Gasteiger partial charge < -0.3 is 4.12 Å². The van der Waals surface area contributed by atoms with Gasteiger partial charge in [-0.1, -0.05) is 54.6 Å². The van der Waals surface area contributed by atoms with Crippen LogP contribution in [0.5, 0.6) is 0 Å². The fourth-order valence-corrected chi connectivity index (χ4v) is 5.15. The second kappa shape index (κ2) is 5.50. The van der Waals surface area contributed by atoms with E-state index in [1.807, 2.05) is 0 Å². The van der Waals surface area contributed by atoms with Crippen LogP contribution in [-0.2, 0) is 10.5 Å². The third-order valence-corrected chi connectivity index (χ3v) is 9.16. The standard InChI is InChI=1S/C19H20OSi2/c1-22(20-21)12-11-13-5-6-16-8-7-14-3-2-4-15-9-10-17(13)19(16)18(14)15/h2-10,22H,11-12H2,1,21H3. The van der Waals surface area contributed by atoms with Crippen molar-refractivity contribution in [3.63, 3.8) is 0 Å². The summed E-state index contributed by atoms with van der Waals surface area (Å²) in [5.41, 5.74) is 1.48. The van der Waals surface area contributed by atoms with Crippen molar-refractivity contribution in [2.45, 2.75) is 19.0 Å². The molecule has 0 spiro atoms. The van der Waals surface area contributed by atoms with Crippen LogP contribution in [-0.4, -0.2) is 19.5 Å². The third kappa shape index (κ3) is 2.17. The van der Waals surface area contributed by atoms with E-state index in [0.29, 0.717) is 0 Å². The fraction of sp³-hybridized carbons (Fsp3) is 0.158. The van der Waals surface area contributed by atoms with E-state index in [1.165, 1.54) is 43.9 Å². The van der Waals surface area contributed by atoms with E-state index >= 15 is 0 Å². The van der Waals surface area contributed by atoms with Gasteiger partial charge in [-0.2, -0.15) is 0 Å². The first-order valence-corrected chi connectivity index (χ1v) is 11.2. The Kier molecular flexibility index (Phi) is 3.49. The van der Waals surface area contributed by atoms with Crippen molar-refractivity contribution >= 4 is 51.8 Å². The normalized spacial score (nSPS) is 13.5. The van der Waals surface area contributed by atoms with Gasteiger partial charge in [-0.05, 0) is 56.9 Å². The molecule has 4 rings (SSSR count). The van der Waals surface area contributed by atoms with E-state index in [9.17, 15) is 0 Å². The topological polar surface area (TPSA) is 9.23 Å². The number of benzene rings is 4. The van der Waals surface area contributed by atoms with Crippen LogP contribution in [0.15, 0.2) is 54.6 Å². The van der Waals surface area contributed by atoms with Gasteiger partial charge in [0, 0.05) is 0 Å². The Morgan fingerprint density at radius 2 is 1.50 bits per heavy atom. The van der Waals surface area contributed by atoms with Crippen molar-refractivity contribution in [3.8, 4) is 0 Å². The van der Waals surface area contributed by atoms with E-state index in [2.05, 4.69) is 61.1 Å². The van der Waals surface area contributed by atoms with E-state index < -0.39 is 9.04 Å². The molecule has 110 valence electrons. The van der Waals surface area contributed by atoms with Gasteiger partial charge in [0.2, 0.25) is 0 Å². The van der Waals surface area contributed by atoms with Crippen molar-refractivity contribution in [1.29, 1.82) is 0 Å². The van der Waals surface area contributed by atoms with E-state index in [1.54, 1.807) is 0 Å². The molecule has 0 radical (unpaired) electrons. The lowest BCUT2D eigenvalue weighted by Crippen LogP contribution is -2.11. The quantitative estimate of drug-likeness (QED) is 0.411. The first-order valence-electron chi connectivity index (χ1n) is 7.96. The van der Waals surface area contributed by atoms with Crippen LogP contribution < -0.4 is 0 Å². The lowest BCUT2D eigenvalue weighted by atomic mass is 9.91. The Bertz CT molecular complexity index is 932. The molecule has 1 atom stereocenters. The van der Waals surface area contributed by atoms with Gasteiger partial charge in [0.15, 0.2) is 9.04 Å². The first kappa shape index (κ1) is 13.9. The molecule has 0 saturated carbocycles. The van der Waals surface area contributed by atoms with Crippen molar-refractivity contribution in [3.05, 3.63) is 60.2 Å². The van der Waals surface area contributed by atoms with Crippen molar-refractivity contribution in [2.24, 2.45) is 0 Å². The zero-order valence-electron chi connectivity index (χ0n) is 13.1. The highest BCUT2D eigenvalue weighted by molar-refractivity contribution is 6.54. The Labute approximate surface area is 135 Å². The number of aryl methyl sites for hydroxylation is 1. The van der Waals surface area contributed by atoms with E-state index in [-0.39, 0.29) is 0 Å². The molecule has 0 aliphatic carbocycles. The van der Waals surface area contributed by atoms with E-state index in [4.69, 9.17) is 4.12 Å². The lowest BCUT2D eigenvalue weighted by molar-refractivity contribution is 0.634. The maximum absolute atomic E-state index is 5.67. The van der Waals surface area contributed by atoms with Gasteiger partial charge in [-0.3, -0.25) is 0 Å². The SMILES string of the molecule is C[SiH](CCc1ccc2ccc3cccc4ccc1c2c34)O[SiH3]. The predicted molar refractivity (Wildman–Crippen MR) is 103 cm³/mol. The molecule has 4 aromatic carbocycles. The van der Waals surface area contributed by atoms with Gasteiger partial charge in [-0.15, -0.1) is 0 Å². The van der Waals surface area contributed by atoms with E-state index in [0.717, 1.165) is 16.9 Å². The van der Waals surface area contributed by atoms with Crippen molar-refractivity contribution < 1.29 is 4.12 Å². The third-order valence-electron chi connectivity index (χ3n) is 4.84. The Balaban J connectivity index is 1.96. The summed E-state index contributed by atoms with van der Waals surface area (Å²) in [5.74, 6) is 0. The van der Waals surface area contributed by atoms with Gasteiger partial charge in [-0.25, -0.2) is 0 Å². The fourth-order valence-electron chi connectivity index (χ4n) is 3.49. The summed E-state index contributed by atoms with van der Waals surface area (Å²) in [6, 6.07) is 21.5. The van der Waals surface area contributed by atoms with Crippen LogP contribution >= 0.6 is 0 Å². The van der Waals surface area contributed by atoms with Gasteiger partial charge in [0.05, 0.1) is 0 Å². The zero-order chi connectivity index (χ0) is 15.1. The monoisotopic (exact) mass is 320 g/mol. The second-order valence-electron chi connectivity index (χ2n) is 6.17. The van der Waals surface area contributed by atoms with Crippen LogP contribution in [0.3, 0.4) is 0 Å². The highest BCUT2D eigenvalue weighted by Gasteiger charge is 2.11. The average molecular weight is 321 g/mol. The van der Waals surface area contributed by atoms with Gasteiger partial charge >= 0.3 is 0 Å². The largest absolute Gasteiger partial charge is 0.466 e. The molecule has 0 N–H and O–H groups in total. The predicted octanol–water partition coefficient (Wildman–Crippen LogP) is 3.78. The summed E-state index contributed by atoms with van der Waals surface area (Å²) in [4.78, 5) is 0. The highest BCUT2D eigenvalue weighted by Crippen LogP contribution is 2.36. The Hall–Kier alpha value is -1.69. The molecule has 0 saturated heterocycles. The lowest BCUT2D eigenvalue weighted by Gasteiger charge is -2.14. The minimum atomic E-state index is -0.941. The smallest absolute Gasteiger partial charge is 0.159 e. The zero-order valence-corrected chi connectivity index (χ0v) is 16.3. The number of hydrogen-bond donors (Lipinski definition) is 0. The summed E-state index contributed by atoms with van der Waals surface area (Å²) in [6.07, 6.45) is 1.14. The Morgan fingerprint density at radius 1 is 0.864 bits per heavy atom. The molecule has 4 aromatic rings. The number of rotatable bonds is 4. The molecular formula is C19H20OSi2. The second-order valence-corrected chi connectivity index (χ2v) is 10.2. The maximum Gasteiger partial charge on any atom is 0.159 e. The molecule has 22 heavy (non-hydrogen) atoms. The van der Waals surface area contributed by atoms with Crippen molar-refractivity contribution in [1.82, 2.24) is 0 Å². The molecular weight excluding hydrogens is 300 g/mol. The Morgan fingerprint density at radius 3 is 2.23 bits per heavy atom. The molecule has 0 fully saturated rings. The van der Waals surface area contributed by atoms with Gasteiger partial charge in [0.1, 0.15) is 10.5 Å². The van der Waals surface area contributed by atoms with Crippen LogP contribution in [0.25, 0.3) is 32.3 Å². The molecule has 3 heteroatoms. The first-order chi connectivity index (χ1) is 10.8.